The van der Waals surface area contributed by atoms with Crippen LogP contribution in [0.4, 0.5) is 0 Å². The molecule has 0 saturated carbocycles. The van der Waals surface area contributed by atoms with Crippen LogP contribution in [0.5, 0.6) is 0 Å². The maximum atomic E-state index is 13.3. The lowest BCUT2D eigenvalue weighted by atomic mass is 9.93. The molecular weight excluding hydrogens is 466 g/mol. The Kier molecular flexibility index (Phi) is 6.55. The summed E-state index contributed by atoms with van der Waals surface area (Å²) in [6, 6.07) is 12.9. The first-order valence-electron chi connectivity index (χ1n) is 12.3. The lowest BCUT2D eigenvalue weighted by molar-refractivity contribution is -0.133. The van der Waals surface area contributed by atoms with Crippen LogP contribution in [-0.2, 0) is 34.3 Å². The number of aromatic nitrogens is 1. The SMILES string of the molecule is CCCn1c(=O)oc2cc(S(=O)(=O)N3CCC(CC(=O)N4CCc5ccccc5C4)CC3)ccc21. The summed E-state index contributed by atoms with van der Waals surface area (Å²) >= 11 is 0. The lowest BCUT2D eigenvalue weighted by Gasteiger charge is -2.33. The molecule has 0 bridgehead atoms. The standard InChI is InChI=1S/C26H31N3O5S/c1-2-12-29-23-8-7-22(17-24(23)34-26(29)31)35(32,33)28-14-9-19(10-15-28)16-25(30)27-13-11-20-5-3-4-6-21(20)18-27/h3-8,17,19H,2,9-16,18H2,1H3. The van der Waals surface area contributed by atoms with Gasteiger partial charge in [-0.25, -0.2) is 13.2 Å². The molecule has 0 atom stereocenters. The number of hydrogen-bond acceptors (Lipinski definition) is 5. The number of amides is 1. The number of piperidine rings is 1. The van der Waals surface area contributed by atoms with Crippen molar-refractivity contribution in [3.8, 4) is 0 Å². The van der Waals surface area contributed by atoms with Crippen molar-refractivity contribution in [1.82, 2.24) is 13.8 Å². The van der Waals surface area contributed by atoms with Crippen LogP contribution in [0.1, 0.15) is 43.7 Å². The van der Waals surface area contributed by atoms with Gasteiger partial charge in [0.05, 0.1) is 10.4 Å². The third-order valence-electron chi connectivity index (χ3n) is 7.24. The van der Waals surface area contributed by atoms with E-state index in [9.17, 15) is 18.0 Å². The summed E-state index contributed by atoms with van der Waals surface area (Å²) in [7, 11) is -3.71. The van der Waals surface area contributed by atoms with Crippen molar-refractivity contribution >= 4 is 27.0 Å². The monoisotopic (exact) mass is 497 g/mol. The van der Waals surface area contributed by atoms with Crippen molar-refractivity contribution < 1.29 is 17.6 Å². The second-order valence-electron chi connectivity index (χ2n) is 9.53. The number of oxazole rings is 1. The van der Waals surface area contributed by atoms with Crippen molar-refractivity contribution in [2.45, 2.75) is 57.0 Å². The molecule has 186 valence electrons. The molecule has 2 aromatic carbocycles. The molecule has 3 heterocycles. The highest BCUT2D eigenvalue weighted by atomic mass is 32.2. The second-order valence-corrected chi connectivity index (χ2v) is 11.5. The number of rotatable bonds is 6. The van der Waals surface area contributed by atoms with E-state index in [1.54, 1.807) is 12.1 Å². The molecule has 2 aliphatic rings. The first-order chi connectivity index (χ1) is 16.9. The minimum absolute atomic E-state index is 0.129. The van der Waals surface area contributed by atoms with Crippen molar-refractivity contribution in [1.29, 1.82) is 0 Å². The number of aryl methyl sites for hydroxylation is 1. The van der Waals surface area contributed by atoms with Gasteiger partial charge in [0.2, 0.25) is 15.9 Å². The number of benzene rings is 2. The van der Waals surface area contributed by atoms with E-state index in [2.05, 4.69) is 12.1 Å². The number of carbonyl (C=O) groups is 1. The summed E-state index contributed by atoms with van der Waals surface area (Å²) in [4.78, 5) is 27.1. The predicted octanol–water partition coefficient (Wildman–Crippen LogP) is 3.38. The van der Waals surface area contributed by atoms with E-state index in [1.165, 1.54) is 26.1 Å². The van der Waals surface area contributed by atoms with Gasteiger partial charge in [0.25, 0.3) is 0 Å². The fourth-order valence-corrected chi connectivity index (χ4v) is 6.72. The molecule has 0 spiro atoms. The minimum Gasteiger partial charge on any atom is -0.408 e. The van der Waals surface area contributed by atoms with Gasteiger partial charge >= 0.3 is 5.76 Å². The third-order valence-corrected chi connectivity index (χ3v) is 9.14. The fourth-order valence-electron chi connectivity index (χ4n) is 5.23. The van der Waals surface area contributed by atoms with Gasteiger partial charge < -0.3 is 9.32 Å². The third kappa shape index (κ3) is 4.67. The normalized spacial score (nSPS) is 17.6. The largest absolute Gasteiger partial charge is 0.419 e. The molecule has 1 fully saturated rings. The topological polar surface area (TPSA) is 92.8 Å². The molecule has 0 radical (unpaired) electrons. The zero-order valence-corrected chi connectivity index (χ0v) is 20.8. The van der Waals surface area contributed by atoms with E-state index in [0.29, 0.717) is 51.0 Å². The smallest absolute Gasteiger partial charge is 0.408 e. The molecular formula is C26H31N3O5S. The molecule has 3 aromatic rings. The highest BCUT2D eigenvalue weighted by molar-refractivity contribution is 7.89. The molecule has 5 rings (SSSR count). The Morgan fingerprint density at radius 3 is 2.54 bits per heavy atom. The highest BCUT2D eigenvalue weighted by Crippen LogP contribution is 2.29. The Bertz CT molecular complexity index is 1400. The van der Waals surface area contributed by atoms with Crippen LogP contribution in [0.25, 0.3) is 11.1 Å². The first kappa shape index (κ1) is 23.8. The van der Waals surface area contributed by atoms with E-state index >= 15 is 0 Å². The molecule has 8 nitrogen and oxygen atoms in total. The summed E-state index contributed by atoms with van der Waals surface area (Å²) in [5.41, 5.74) is 3.42. The van der Waals surface area contributed by atoms with Gasteiger partial charge in [-0.1, -0.05) is 31.2 Å². The lowest BCUT2D eigenvalue weighted by Crippen LogP contribution is -2.41. The average molecular weight is 498 g/mol. The predicted molar refractivity (Wildman–Crippen MR) is 132 cm³/mol. The highest BCUT2D eigenvalue weighted by Gasteiger charge is 2.32. The van der Waals surface area contributed by atoms with Gasteiger partial charge in [0.15, 0.2) is 5.58 Å². The Morgan fingerprint density at radius 2 is 1.80 bits per heavy atom. The van der Waals surface area contributed by atoms with E-state index < -0.39 is 15.8 Å². The molecule has 2 aliphatic heterocycles. The Morgan fingerprint density at radius 1 is 1.06 bits per heavy atom. The van der Waals surface area contributed by atoms with Crippen molar-refractivity contribution in [3.05, 3.63) is 64.1 Å². The van der Waals surface area contributed by atoms with E-state index in [4.69, 9.17) is 4.42 Å². The molecule has 9 heteroatoms. The van der Waals surface area contributed by atoms with Gasteiger partial charge in [0.1, 0.15) is 0 Å². The van der Waals surface area contributed by atoms with Gasteiger partial charge in [-0.15, -0.1) is 0 Å². The zero-order valence-electron chi connectivity index (χ0n) is 20.0. The zero-order chi connectivity index (χ0) is 24.6. The van der Waals surface area contributed by atoms with Crippen LogP contribution in [0.15, 0.2) is 56.6 Å². The van der Waals surface area contributed by atoms with Crippen molar-refractivity contribution in [2.24, 2.45) is 5.92 Å². The van der Waals surface area contributed by atoms with Gasteiger partial charge in [-0.05, 0) is 54.9 Å². The van der Waals surface area contributed by atoms with Crippen LogP contribution >= 0.6 is 0 Å². The van der Waals surface area contributed by atoms with Crippen LogP contribution in [-0.4, -0.2) is 47.7 Å². The molecule has 1 saturated heterocycles. The Hall–Kier alpha value is -2.91. The molecule has 35 heavy (non-hydrogen) atoms. The molecule has 0 aliphatic carbocycles. The van der Waals surface area contributed by atoms with Gasteiger partial charge in [-0.2, -0.15) is 4.31 Å². The molecule has 1 amide bonds. The van der Waals surface area contributed by atoms with Gasteiger partial charge in [-0.3, -0.25) is 9.36 Å². The average Bonchev–Trinajstić information content (AvgIpc) is 3.18. The molecule has 1 aromatic heterocycles. The Balaban J connectivity index is 1.21. The van der Waals surface area contributed by atoms with Gasteiger partial charge in [0, 0.05) is 45.2 Å². The number of hydrogen-bond donors (Lipinski definition) is 0. The van der Waals surface area contributed by atoms with Crippen LogP contribution in [0, 0.1) is 5.92 Å². The summed E-state index contributed by atoms with van der Waals surface area (Å²) in [5.74, 6) is -0.147. The fraction of sp³-hybridized carbons (Fsp3) is 0.462. The van der Waals surface area contributed by atoms with Crippen molar-refractivity contribution in [2.75, 3.05) is 19.6 Å². The Labute approximate surface area is 205 Å². The maximum absolute atomic E-state index is 13.3. The van der Waals surface area contributed by atoms with Crippen LogP contribution in [0.2, 0.25) is 0 Å². The van der Waals surface area contributed by atoms with Crippen molar-refractivity contribution in [3.63, 3.8) is 0 Å². The minimum atomic E-state index is -3.71. The van der Waals surface area contributed by atoms with E-state index in [1.807, 2.05) is 24.0 Å². The van der Waals surface area contributed by atoms with E-state index in [-0.39, 0.29) is 22.3 Å². The summed E-state index contributed by atoms with van der Waals surface area (Å²) < 4.78 is 34.8. The molecule has 0 unspecified atom stereocenters. The first-order valence-corrected chi connectivity index (χ1v) is 13.8. The summed E-state index contributed by atoms with van der Waals surface area (Å²) in [6.07, 6.45) is 3.42. The van der Waals surface area contributed by atoms with Crippen LogP contribution < -0.4 is 5.76 Å². The molecule has 0 N–H and O–H groups in total. The summed E-state index contributed by atoms with van der Waals surface area (Å²) in [5, 5.41) is 0. The number of carbonyl (C=O) groups excluding carboxylic acids is 1. The number of sulfonamides is 1. The quantitative estimate of drug-likeness (QED) is 0.521. The summed E-state index contributed by atoms with van der Waals surface area (Å²) in [6.45, 7) is 4.63. The number of nitrogens with zero attached hydrogens (tertiary/aromatic N) is 3. The van der Waals surface area contributed by atoms with E-state index in [0.717, 1.165) is 19.4 Å². The van der Waals surface area contributed by atoms with Crippen LogP contribution in [0.3, 0.4) is 0 Å². The second kappa shape index (κ2) is 9.62. The maximum Gasteiger partial charge on any atom is 0.419 e. The number of fused-ring (bicyclic) bond motifs is 2.